The van der Waals surface area contributed by atoms with Gasteiger partial charge in [0.1, 0.15) is 0 Å². The maximum atomic E-state index is 11.8. The van der Waals surface area contributed by atoms with Crippen LogP contribution in [-0.4, -0.2) is 34.9 Å². The van der Waals surface area contributed by atoms with Crippen molar-refractivity contribution in [2.24, 2.45) is 11.7 Å². The Hall–Kier alpha value is -1.42. The van der Waals surface area contributed by atoms with Crippen molar-refractivity contribution < 1.29 is 4.79 Å². The van der Waals surface area contributed by atoms with Crippen LogP contribution in [0.3, 0.4) is 0 Å². The summed E-state index contributed by atoms with van der Waals surface area (Å²) in [5.74, 6) is 0.752. The summed E-state index contributed by atoms with van der Waals surface area (Å²) in [5, 5.41) is 0. The molecule has 18 heavy (non-hydrogen) atoms. The lowest BCUT2D eigenvalue weighted by atomic mass is 9.90. The van der Waals surface area contributed by atoms with Crippen LogP contribution in [0.4, 0.5) is 0 Å². The molecule has 2 heterocycles. The van der Waals surface area contributed by atoms with E-state index in [9.17, 15) is 4.79 Å². The number of hydrogen-bond donors (Lipinski definition) is 1. The van der Waals surface area contributed by atoms with Gasteiger partial charge in [0.25, 0.3) is 0 Å². The van der Waals surface area contributed by atoms with Gasteiger partial charge in [-0.15, -0.1) is 0 Å². The number of hydrogen-bond acceptors (Lipinski definition) is 3. The predicted octanol–water partition coefficient (Wildman–Crippen LogP) is 1.21. The van der Waals surface area contributed by atoms with E-state index in [2.05, 4.69) is 17.1 Å². The second-order valence-corrected chi connectivity index (χ2v) is 5.12. The highest BCUT2D eigenvalue weighted by molar-refractivity contribution is 5.81. The molecule has 1 fully saturated rings. The summed E-state index contributed by atoms with van der Waals surface area (Å²) in [4.78, 5) is 17.7. The first-order valence-electron chi connectivity index (χ1n) is 6.60. The van der Waals surface area contributed by atoms with Crippen molar-refractivity contribution in [2.45, 2.75) is 32.2 Å². The highest BCUT2D eigenvalue weighted by Gasteiger charge is 2.24. The standard InChI is InChI=1S/C14H21N3O/c1-11(15)14(18)17-8-4-13(5-9-17)10-12-2-6-16-7-3-12/h2-3,6-7,11,13H,4-5,8-10,15H2,1H3/t11-/m0/s1. The molecule has 4 nitrogen and oxygen atoms in total. The van der Waals surface area contributed by atoms with Crippen molar-refractivity contribution in [3.8, 4) is 0 Å². The molecule has 0 unspecified atom stereocenters. The molecular weight excluding hydrogens is 226 g/mol. The summed E-state index contributed by atoms with van der Waals surface area (Å²) in [6.45, 7) is 3.44. The number of amides is 1. The van der Waals surface area contributed by atoms with Crippen LogP contribution in [0.1, 0.15) is 25.3 Å². The van der Waals surface area contributed by atoms with Gasteiger partial charge in [0.2, 0.25) is 5.91 Å². The van der Waals surface area contributed by atoms with Gasteiger partial charge >= 0.3 is 0 Å². The fraction of sp³-hybridized carbons (Fsp3) is 0.571. The third kappa shape index (κ3) is 3.29. The van der Waals surface area contributed by atoms with Crippen LogP contribution in [0.25, 0.3) is 0 Å². The number of nitrogens with zero attached hydrogens (tertiary/aromatic N) is 2. The zero-order chi connectivity index (χ0) is 13.0. The number of pyridine rings is 1. The maximum Gasteiger partial charge on any atom is 0.239 e. The Kier molecular flexibility index (Phi) is 4.31. The fourth-order valence-electron chi connectivity index (χ4n) is 2.50. The second kappa shape index (κ2) is 5.96. The van der Waals surface area contributed by atoms with Crippen molar-refractivity contribution >= 4 is 5.91 Å². The van der Waals surface area contributed by atoms with Gasteiger partial charge in [0.05, 0.1) is 6.04 Å². The van der Waals surface area contributed by atoms with E-state index < -0.39 is 0 Å². The quantitative estimate of drug-likeness (QED) is 0.873. The minimum atomic E-state index is -0.373. The van der Waals surface area contributed by atoms with Crippen molar-refractivity contribution in [1.82, 2.24) is 9.88 Å². The Morgan fingerprint density at radius 3 is 2.61 bits per heavy atom. The zero-order valence-corrected chi connectivity index (χ0v) is 10.9. The summed E-state index contributed by atoms with van der Waals surface area (Å²) in [6, 6.07) is 3.76. The van der Waals surface area contributed by atoms with Crippen molar-refractivity contribution in [3.63, 3.8) is 0 Å². The van der Waals surface area contributed by atoms with E-state index >= 15 is 0 Å². The predicted molar refractivity (Wildman–Crippen MR) is 70.9 cm³/mol. The van der Waals surface area contributed by atoms with E-state index in [4.69, 9.17) is 5.73 Å². The molecule has 0 saturated carbocycles. The summed E-state index contributed by atoms with van der Waals surface area (Å²) >= 11 is 0. The van der Waals surface area contributed by atoms with Gasteiger partial charge in [0, 0.05) is 25.5 Å². The van der Waals surface area contributed by atoms with Crippen LogP contribution in [0.2, 0.25) is 0 Å². The Bertz CT molecular complexity index is 383. The molecule has 1 atom stereocenters. The number of likely N-dealkylation sites (tertiary alicyclic amines) is 1. The third-order valence-corrected chi connectivity index (χ3v) is 3.59. The largest absolute Gasteiger partial charge is 0.341 e. The zero-order valence-electron chi connectivity index (χ0n) is 10.9. The third-order valence-electron chi connectivity index (χ3n) is 3.59. The van der Waals surface area contributed by atoms with Crippen molar-refractivity contribution in [3.05, 3.63) is 30.1 Å². The Morgan fingerprint density at radius 1 is 1.44 bits per heavy atom. The molecule has 1 aliphatic heterocycles. The molecule has 98 valence electrons. The highest BCUT2D eigenvalue weighted by atomic mass is 16.2. The molecule has 0 aromatic carbocycles. The number of carbonyl (C=O) groups excluding carboxylic acids is 1. The number of nitrogens with two attached hydrogens (primary N) is 1. The monoisotopic (exact) mass is 247 g/mol. The van der Waals surface area contributed by atoms with Gasteiger partial charge in [0.15, 0.2) is 0 Å². The molecular formula is C14H21N3O. The lowest BCUT2D eigenvalue weighted by Gasteiger charge is -2.33. The topological polar surface area (TPSA) is 59.2 Å². The number of aromatic nitrogens is 1. The van der Waals surface area contributed by atoms with Gasteiger partial charge < -0.3 is 10.6 Å². The molecule has 1 aliphatic rings. The normalized spacial score (nSPS) is 18.7. The minimum Gasteiger partial charge on any atom is -0.341 e. The molecule has 1 aromatic rings. The van der Waals surface area contributed by atoms with Crippen LogP contribution in [0, 0.1) is 5.92 Å². The summed E-state index contributed by atoms with van der Waals surface area (Å²) in [6.07, 6.45) is 6.90. The Morgan fingerprint density at radius 2 is 2.06 bits per heavy atom. The summed E-state index contributed by atoms with van der Waals surface area (Å²) in [5.41, 5.74) is 6.96. The molecule has 1 aromatic heterocycles. The van der Waals surface area contributed by atoms with Gasteiger partial charge in [-0.2, -0.15) is 0 Å². The first-order chi connectivity index (χ1) is 8.66. The van der Waals surface area contributed by atoms with E-state index in [1.165, 1.54) is 5.56 Å². The molecule has 0 aliphatic carbocycles. The first kappa shape index (κ1) is 13.0. The van der Waals surface area contributed by atoms with Crippen LogP contribution in [-0.2, 0) is 11.2 Å². The van der Waals surface area contributed by atoms with Crippen LogP contribution in [0.5, 0.6) is 0 Å². The first-order valence-corrected chi connectivity index (χ1v) is 6.60. The Balaban J connectivity index is 1.82. The van der Waals surface area contributed by atoms with Crippen molar-refractivity contribution in [2.75, 3.05) is 13.1 Å². The van der Waals surface area contributed by atoms with Gasteiger partial charge in [-0.05, 0) is 49.8 Å². The van der Waals surface area contributed by atoms with Crippen molar-refractivity contribution in [1.29, 1.82) is 0 Å². The number of rotatable bonds is 3. The SMILES string of the molecule is C[C@H](N)C(=O)N1CCC(Cc2ccncc2)CC1. The van der Waals surface area contributed by atoms with Crippen LogP contribution in [0.15, 0.2) is 24.5 Å². The molecule has 1 saturated heterocycles. The maximum absolute atomic E-state index is 11.8. The molecule has 2 rings (SSSR count). The van der Waals surface area contributed by atoms with Gasteiger partial charge in [-0.1, -0.05) is 0 Å². The van der Waals surface area contributed by atoms with E-state index in [1.54, 1.807) is 6.92 Å². The van der Waals surface area contributed by atoms with E-state index in [0.717, 1.165) is 32.4 Å². The molecule has 0 spiro atoms. The fourth-order valence-corrected chi connectivity index (χ4v) is 2.50. The number of piperidine rings is 1. The lowest BCUT2D eigenvalue weighted by Crippen LogP contribution is -2.46. The summed E-state index contributed by atoms with van der Waals surface area (Å²) < 4.78 is 0. The number of carbonyl (C=O) groups is 1. The average molecular weight is 247 g/mol. The molecule has 1 amide bonds. The molecule has 4 heteroatoms. The van der Waals surface area contributed by atoms with Crippen LogP contribution >= 0.6 is 0 Å². The smallest absolute Gasteiger partial charge is 0.239 e. The van der Waals surface area contributed by atoms with Gasteiger partial charge in [-0.3, -0.25) is 9.78 Å². The molecule has 2 N–H and O–H groups in total. The minimum absolute atomic E-state index is 0.0809. The second-order valence-electron chi connectivity index (χ2n) is 5.12. The van der Waals surface area contributed by atoms with Gasteiger partial charge in [-0.25, -0.2) is 0 Å². The van der Waals surface area contributed by atoms with Crippen LogP contribution < -0.4 is 5.73 Å². The summed E-state index contributed by atoms with van der Waals surface area (Å²) in [7, 11) is 0. The van der Waals surface area contributed by atoms with E-state index in [1.807, 2.05) is 17.3 Å². The molecule has 0 bridgehead atoms. The Labute approximate surface area is 108 Å². The van der Waals surface area contributed by atoms with E-state index in [0.29, 0.717) is 5.92 Å². The highest BCUT2D eigenvalue weighted by Crippen LogP contribution is 2.21. The lowest BCUT2D eigenvalue weighted by molar-refractivity contribution is -0.133. The molecule has 0 radical (unpaired) electrons. The van der Waals surface area contributed by atoms with E-state index in [-0.39, 0.29) is 11.9 Å². The average Bonchev–Trinajstić information content (AvgIpc) is 2.40.